The zero-order valence-electron chi connectivity index (χ0n) is 13.1. The number of fused-ring (bicyclic) bond motifs is 1. The van der Waals surface area contributed by atoms with Crippen LogP contribution in [0.4, 0.5) is 10.6 Å². The number of ether oxygens (including phenoxy) is 1. The van der Waals surface area contributed by atoms with E-state index in [1.165, 1.54) is 0 Å². The number of hydrogen-bond acceptors (Lipinski definition) is 3. The number of aryl methyl sites for hydroxylation is 2. The summed E-state index contributed by atoms with van der Waals surface area (Å²) in [4.78, 5) is 18.8. The number of carbonyl (C=O) groups is 1. The van der Waals surface area contributed by atoms with Crippen LogP contribution in [0.25, 0.3) is 0 Å². The third kappa shape index (κ3) is 3.11. The Balaban J connectivity index is 2.36. The molecule has 4 heteroatoms. The van der Waals surface area contributed by atoms with Gasteiger partial charge >= 0.3 is 6.09 Å². The molecule has 2 rings (SSSR count). The summed E-state index contributed by atoms with van der Waals surface area (Å²) in [5, 5.41) is 0. The van der Waals surface area contributed by atoms with E-state index in [9.17, 15) is 4.79 Å². The lowest BCUT2D eigenvalue weighted by atomic mass is 9.99. The summed E-state index contributed by atoms with van der Waals surface area (Å²) in [5.41, 5.74) is 1.65. The van der Waals surface area contributed by atoms with Crippen LogP contribution in [0.1, 0.15) is 52.3 Å². The molecule has 1 aromatic rings. The highest BCUT2D eigenvalue weighted by molar-refractivity contribution is 5.88. The highest BCUT2D eigenvalue weighted by Crippen LogP contribution is 2.30. The Morgan fingerprint density at radius 3 is 2.75 bits per heavy atom. The summed E-state index contributed by atoms with van der Waals surface area (Å²) in [6.45, 7) is 9.77. The Hall–Kier alpha value is -1.58. The lowest BCUT2D eigenvalue weighted by Crippen LogP contribution is -2.45. The Kier molecular flexibility index (Phi) is 4.02. The molecular weight excluding hydrogens is 252 g/mol. The van der Waals surface area contributed by atoms with Crippen LogP contribution in [0.5, 0.6) is 0 Å². The van der Waals surface area contributed by atoms with Crippen LogP contribution in [0, 0.1) is 0 Å². The van der Waals surface area contributed by atoms with E-state index in [1.807, 2.05) is 33.8 Å². The first-order chi connectivity index (χ1) is 9.31. The minimum absolute atomic E-state index is 0.122. The molecule has 1 unspecified atom stereocenters. The second kappa shape index (κ2) is 5.43. The number of nitrogens with zero attached hydrogens (tertiary/aromatic N) is 2. The number of pyridine rings is 1. The van der Waals surface area contributed by atoms with E-state index in [1.54, 1.807) is 4.90 Å². The van der Waals surface area contributed by atoms with Gasteiger partial charge in [0.25, 0.3) is 0 Å². The summed E-state index contributed by atoms with van der Waals surface area (Å²) in [6.07, 6.45) is 2.47. The molecule has 20 heavy (non-hydrogen) atoms. The van der Waals surface area contributed by atoms with Crippen molar-refractivity contribution in [2.24, 2.45) is 0 Å². The molecule has 4 nitrogen and oxygen atoms in total. The van der Waals surface area contributed by atoms with Gasteiger partial charge < -0.3 is 4.74 Å². The molecule has 0 spiro atoms. The van der Waals surface area contributed by atoms with Gasteiger partial charge in [-0.1, -0.05) is 13.0 Å². The fraction of sp³-hybridized carbons (Fsp3) is 0.625. The van der Waals surface area contributed by atoms with Crippen LogP contribution in [0.3, 0.4) is 0 Å². The molecule has 1 aromatic heterocycles. The van der Waals surface area contributed by atoms with Gasteiger partial charge in [-0.05, 0) is 58.6 Å². The van der Waals surface area contributed by atoms with Crippen LogP contribution in [0.2, 0.25) is 0 Å². The highest BCUT2D eigenvalue weighted by atomic mass is 16.6. The topological polar surface area (TPSA) is 42.4 Å². The SMILES string of the molecule is CCc1ccc2c(n1)N(C(=O)OC(C)(C)C)C(C)CC2. The molecule has 1 aliphatic heterocycles. The van der Waals surface area contributed by atoms with Crippen LogP contribution in [-0.4, -0.2) is 22.7 Å². The van der Waals surface area contributed by atoms with E-state index in [4.69, 9.17) is 4.74 Å². The molecule has 1 aliphatic rings. The number of amides is 1. The van der Waals surface area contributed by atoms with E-state index in [2.05, 4.69) is 18.0 Å². The molecule has 0 fully saturated rings. The number of rotatable bonds is 1. The molecular formula is C16H24N2O2. The van der Waals surface area contributed by atoms with Gasteiger partial charge in [0, 0.05) is 11.7 Å². The number of anilines is 1. The summed E-state index contributed by atoms with van der Waals surface area (Å²) >= 11 is 0. The minimum Gasteiger partial charge on any atom is -0.443 e. The maximum Gasteiger partial charge on any atom is 0.416 e. The third-order valence-electron chi connectivity index (χ3n) is 3.47. The molecule has 0 aromatic carbocycles. The summed E-state index contributed by atoms with van der Waals surface area (Å²) < 4.78 is 5.52. The number of carbonyl (C=O) groups excluding carboxylic acids is 1. The minimum atomic E-state index is -0.489. The number of hydrogen-bond donors (Lipinski definition) is 0. The van der Waals surface area contributed by atoms with Crippen molar-refractivity contribution in [1.29, 1.82) is 0 Å². The average Bonchev–Trinajstić information content (AvgIpc) is 2.35. The van der Waals surface area contributed by atoms with Gasteiger partial charge in [0.1, 0.15) is 11.4 Å². The summed E-state index contributed by atoms with van der Waals surface area (Å²) in [6, 6.07) is 4.25. The molecule has 0 saturated carbocycles. The van der Waals surface area contributed by atoms with Crippen molar-refractivity contribution in [1.82, 2.24) is 4.98 Å². The first-order valence-electron chi connectivity index (χ1n) is 7.33. The van der Waals surface area contributed by atoms with Gasteiger partial charge in [-0.3, -0.25) is 4.90 Å². The van der Waals surface area contributed by atoms with Crippen molar-refractivity contribution in [3.63, 3.8) is 0 Å². The van der Waals surface area contributed by atoms with E-state index < -0.39 is 5.60 Å². The van der Waals surface area contributed by atoms with Crippen molar-refractivity contribution in [2.75, 3.05) is 4.90 Å². The maximum absolute atomic E-state index is 12.5. The van der Waals surface area contributed by atoms with E-state index in [0.717, 1.165) is 36.3 Å². The van der Waals surface area contributed by atoms with Crippen LogP contribution in [0.15, 0.2) is 12.1 Å². The van der Waals surface area contributed by atoms with Gasteiger partial charge in [-0.15, -0.1) is 0 Å². The van der Waals surface area contributed by atoms with Gasteiger partial charge in [0.05, 0.1) is 0 Å². The lowest BCUT2D eigenvalue weighted by molar-refractivity contribution is 0.0562. The second-order valence-electron chi connectivity index (χ2n) is 6.38. The number of aromatic nitrogens is 1. The quantitative estimate of drug-likeness (QED) is 0.785. The predicted octanol–water partition coefficient (Wildman–Crippen LogP) is 3.72. The summed E-state index contributed by atoms with van der Waals surface area (Å²) in [7, 11) is 0. The van der Waals surface area contributed by atoms with Gasteiger partial charge in [-0.25, -0.2) is 9.78 Å². The molecule has 0 saturated heterocycles. The Labute approximate surface area is 121 Å². The highest BCUT2D eigenvalue weighted by Gasteiger charge is 2.32. The second-order valence-corrected chi connectivity index (χ2v) is 6.38. The maximum atomic E-state index is 12.5. The van der Waals surface area contributed by atoms with E-state index in [-0.39, 0.29) is 12.1 Å². The average molecular weight is 276 g/mol. The normalized spacial score (nSPS) is 18.6. The van der Waals surface area contributed by atoms with Crippen LogP contribution < -0.4 is 4.90 Å². The zero-order chi connectivity index (χ0) is 14.9. The van der Waals surface area contributed by atoms with Crippen molar-refractivity contribution in [3.8, 4) is 0 Å². The Morgan fingerprint density at radius 2 is 2.15 bits per heavy atom. The molecule has 2 heterocycles. The zero-order valence-corrected chi connectivity index (χ0v) is 13.1. The Morgan fingerprint density at radius 1 is 1.45 bits per heavy atom. The van der Waals surface area contributed by atoms with Crippen molar-refractivity contribution >= 4 is 11.9 Å². The van der Waals surface area contributed by atoms with Gasteiger partial charge in [0.2, 0.25) is 0 Å². The van der Waals surface area contributed by atoms with Crippen molar-refractivity contribution < 1.29 is 9.53 Å². The van der Waals surface area contributed by atoms with Crippen molar-refractivity contribution in [2.45, 2.75) is 65.5 Å². The molecule has 0 N–H and O–H groups in total. The van der Waals surface area contributed by atoms with Crippen LogP contribution >= 0.6 is 0 Å². The monoisotopic (exact) mass is 276 g/mol. The Bertz CT molecular complexity index is 506. The predicted molar refractivity (Wildman–Crippen MR) is 80.1 cm³/mol. The first kappa shape index (κ1) is 14.8. The molecule has 0 aliphatic carbocycles. The molecule has 0 radical (unpaired) electrons. The lowest BCUT2D eigenvalue weighted by Gasteiger charge is -2.35. The standard InChI is InChI=1S/C16H24N2O2/c1-6-13-10-9-12-8-7-11(2)18(14(12)17-13)15(19)20-16(3,4)5/h9-11H,6-8H2,1-5H3. The molecule has 1 atom stereocenters. The largest absolute Gasteiger partial charge is 0.443 e. The van der Waals surface area contributed by atoms with Gasteiger partial charge in [0.15, 0.2) is 0 Å². The fourth-order valence-corrected chi connectivity index (χ4v) is 2.40. The first-order valence-corrected chi connectivity index (χ1v) is 7.33. The smallest absolute Gasteiger partial charge is 0.416 e. The van der Waals surface area contributed by atoms with Crippen LogP contribution in [-0.2, 0) is 17.6 Å². The van der Waals surface area contributed by atoms with Crippen molar-refractivity contribution in [3.05, 3.63) is 23.4 Å². The summed E-state index contributed by atoms with van der Waals surface area (Å²) in [5.74, 6) is 0.775. The van der Waals surface area contributed by atoms with Gasteiger partial charge in [-0.2, -0.15) is 0 Å². The molecule has 0 bridgehead atoms. The fourth-order valence-electron chi connectivity index (χ4n) is 2.40. The van der Waals surface area contributed by atoms with E-state index >= 15 is 0 Å². The third-order valence-corrected chi connectivity index (χ3v) is 3.47. The molecule has 1 amide bonds. The molecule has 110 valence electrons. The van der Waals surface area contributed by atoms with E-state index in [0.29, 0.717) is 0 Å².